The highest BCUT2D eigenvalue weighted by Crippen LogP contribution is 2.40. The third kappa shape index (κ3) is 5.71. The third-order valence-electron chi connectivity index (χ3n) is 5.44. The molecule has 2 rings (SSSR count). The molecule has 2 unspecified atom stereocenters. The molecule has 2 aliphatic carbocycles. The van der Waals surface area contributed by atoms with E-state index < -0.39 is 0 Å². The largest absolute Gasteiger partial charge is 0.330 e. The number of nitrogens with two attached hydrogens (primary N) is 1. The van der Waals surface area contributed by atoms with Gasteiger partial charge in [-0.1, -0.05) is 13.3 Å². The molecule has 4 N–H and O–H groups in total. The quantitative estimate of drug-likeness (QED) is 0.539. The van der Waals surface area contributed by atoms with E-state index in [1.807, 2.05) is 0 Å². The van der Waals surface area contributed by atoms with Crippen LogP contribution in [-0.4, -0.2) is 32.7 Å². The van der Waals surface area contributed by atoms with E-state index >= 15 is 0 Å². The van der Waals surface area contributed by atoms with Crippen LogP contribution in [0, 0.1) is 23.7 Å². The van der Waals surface area contributed by atoms with E-state index in [1.165, 1.54) is 71.1 Å². The summed E-state index contributed by atoms with van der Waals surface area (Å²) in [5, 5.41) is 7.25. The molecule has 0 aliphatic heterocycles. The first-order valence-corrected chi connectivity index (χ1v) is 8.95. The van der Waals surface area contributed by atoms with Gasteiger partial charge < -0.3 is 16.4 Å². The average Bonchev–Trinajstić information content (AvgIpc) is 3.25. The Morgan fingerprint density at radius 2 is 1.55 bits per heavy atom. The van der Waals surface area contributed by atoms with Crippen LogP contribution < -0.4 is 16.4 Å². The highest BCUT2D eigenvalue weighted by Gasteiger charge is 2.34. The Hall–Kier alpha value is -0.120. The normalized spacial score (nSPS) is 33.3. The second-order valence-electron chi connectivity index (χ2n) is 7.05. The highest BCUT2D eigenvalue weighted by molar-refractivity contribution is 4.86. The van der Waals surface area contributed by atoms with E-state index in [0.717, 1.165) is 30.2 Å². The molecule has 2 aliphatic rings. The van der Waals surface area contributed by atoms with Gasteiger partial charge in [0.1, 0.15) is 0 Å². The minimum Gasteiger partial charge on any atom is -0.330 e. The molecule has 0 bridgehead atoms. The van der Waals surface area contributed by atoms with Crippen LogP contribution in [-0.2, 0) is 0 Å². The van der Waals surface area contributed by atoms with Gasteiger partial charge in [0.15, 0.2) is 0 Å². The summed E-state index contributed by atoms with van der Waals surface area (Å²) in [4.78, 5) is 0. The molecular formula is C17H35N3. The first-order valence-electron chi connectivity index (χ1n) is 8.95. The van der Waals surface area contributed by atoms with Crippen LogP contribution in [0.25, 0.3) is 0 Å². The second kappa shape index (κ2) is 9.01. The third-order valence-corrected chi connectivity index (χ3v) is 5.44. The van der Waals surface area contributed by atoms with Crippen LogP contribution in [0.15, 0.2) is 0 Å². The van der Waals surface area contributed by atoms with Gasteiger partial charge in [-0.25, -0.2) is 0 Å². The van der Waals surface area contributed by atoms with Crippen molar-refractivity contribution < 1.29 is 0 Å². The Labute approximate surface area is 125 Å². The molecule has 2 atom stereocenters. The zero-order valence-corrected chi connectivity index (χ0v) is 13.4. The van der Waals surface area contributed by atoms with Crippen LogP contribution in [0.5, 0.6) is 0 Å². The molecule has 0 aromatic heterocycles. The summed E-state index contributed by atoms with van der Waals surface area (Å²) >= 11 is 0. The van der Waals surface area contributed by atoms with Gasteiger partial charge in [0, 0.05) is 0 Å². The lowest BCUT2D eigenvalue weighted by Crippen LogP contribution is -2.30. The van der Waals surface area contributed by atoms with Gasteiger partial charge in [-0.3, -0.25) is 0 Å². The van der Waals surface area contributed by atoms with E-state index in [4.69, 9.17) is 5.73 Å². The minimum absolute atomic E-state index is 0.810. The number of hydrogen-bond donors (Lipinski definition) is 3. The van der Waals surface area contributed by atoms with Crippen LogP contribution in [0.1, 0.15) is 51.9 Å². The van der Waals surface area contributed by atoms with Crippen LogP contribution in [0.3, 0.4) is 0 Å². The summed E-state index contributed by atoms with van der Waals surface area (Å²) in [6.45, 7) is 8.03. The highest BCUT2D eigenvalue weighted by atomic mass is 14.9. The molecule has 3 nitrogen and oxygen atoms in total. The maximum absolute atomic E-state index is 5.74. The summed E-state index contributed by atoms with van der Waals surface area (Å²) in [6, 6.07) is 0. The molecule has 0 aromatic carbocycles. The zero-order valence-electron chi connectivity index (χ0n) is 13.4. The van der Waals surface area contributed by atoms with Crippen molar-refractivity contribution >= 4 is 0 Å². The maximum atomic E-state index is 5.74. The Balaban J connectivity index is 1.35. The van der Waals surface area contributed by atoms with E-state index in [0.29, 0.717) is 0 Å². The Morgan fingerprint density at radius 1 is 0.900 bits per heavy atom. The molecule has 0 amide bonds. The fourth-order valence-corrected chi connectivity index (χ4v) is 3.66. The zero-order chi connectivity index (χ0) is 14.2. The smallest absolute Gasteiger partial charge is 0.00178 e. The average molecular weight is 281 g/mol. The van der Waals surface area contributed by atoms with Crippen molar-refractivity contribution in [2.24, 2.45) is 29.4 Å². The summed E-state index contributed by atoms with van der Waals surface area (Å²) in [5.74, 6) is 3.74. The van der Waals surface area contributed by atoms with Gasteiger partial charge in [-0.2, -0.15) is 0 Å². The Bertz CT molecular complexity index is 249. The van der Waals surface area contributed by atoms with Crippen molar-refractivity contribution in [3.63, 3.8) is 0 Å². The lowest BCUT2D eigenvalue weighted by Gasteiger charge is -2.27. The monoisotopic (exact) mass is 281 g/mol. The summed E-state index contributed by atoms with van der Waals surface area (Å²) in [6.07, 6.45) is 9.57. The maximum Gasteiger partial charge on any atom is -0.00178 e. The topological polar surface area (TPSA) is 50.1 Å². The fourth-order valence-electron chi connectivity index (χ4n) is 3.66. The Morgan fingerprint density at radius 3 is 2.15 bits per heavy atom. The van der Waals surface area contributed by atoms with Gasteiger partial charge in [-0.15, -0.1) is 0 Å². The van der Waals surface area contributed by atoms with Crippen molar-refractivity contribution in [3.05, 3.63) is 0 Å². The van der Waals surface area contributed by atoms with Crippen molar-refractivity contribution in [2.45, 2.75) is 51.9 Å². The van der Waals surface area contributed by atoms with Crippen molar-refractivity contribution in [1.82, 2.24) is 10.6 Å². The second-order valence-corrected chi connectivity index (χ2v) is 7.05. The lowest BCUT2D eigenvalue weighted by molar-refractivity contribution is 0.272. The van der Waals surface area contributed by atoms with Crippen molar-refractivity contribution in [3.8, 4) is 0 Å². The molecule has 3 heteroatoms. The van der Waals surface area contributed by atoms with Crippen molar-refractivity contribution in [2.75, 3.05) is 32.7 Å². The molecule has 118 valence electrons. The molecule has 0 spiro atoms. The molecule has 2 saturated carbocycles. The van der Waals surface area contributed by atoms with E-state index in [2.05, 4.69) is 17.6 Å². The summed E-state index contributed by atoms with van der Waals surface area (Å²) < 4.78 is 0. The predicted octanol–water partition coefficient (Wildman–Crippen LogP) is 2.37. The van der Waals surface area contributed by atoms with E-state index in [1.54, 1.807) is 0 Å². The van der Waals surface area contributed by atoms with Gasteiger partial charge in [0.2, 0.25) is 0 Å². The predicted molar refractivity (Wildman–Crippen MR) is 86.7 cm³/mol. The van der Waals surface area contributed by atoms with Crippen LogP contribution in [0.4, 0.5) is 0 Å². The molecule has 0 heterocycles. The molecule has 0 radical (unpaired) electrons. The molecule has 20 heavy (non-hydrogen) atoms. The van der Waals surface area contributed by atoms with Gasteiger partial charge >= 0.3 is 0 Å². The summed E-state index contributed by atoms with van der Waals surface area (Å²) in [7, 11) is 0. The van der Waals surface area contributed by atoms with Crippen LogP contribution >= 0.6 is 0 Å². The van der Waals surface area contributed by atoms with Gasteiger partial charge in [-0.05, 0) is 94.9 Å². The number of nitrogens with one attached hydrogen (secondary N) is 2. The first kappa shape index (κ1) is 16.3. The SMILES string of the molecule is CCC1CC1CNCCCNCC1CCC(CN)CC1. The fraction of sp³-hybridized carbons (Fsp3) is 1.00. The van der Waals surface area contributed by atoms with Crippen molar-refractivity contribution in [1.29, 1.82) is 0 Å². The number of rotatable bonds is 10. The van der Waals surface area contributed by atoms with E-state index in [9.17, 15) is 0 Å². The van der Waals surface area contributed by atoms with Crippen LogP contribution in [0.2, 0.25) is 0 Å². The minimum atomic E-state index is 0.810. The first-order chi connectivity index (χ1) is 9.83. The summed E-state index contributed by atoms with van der Waals surface area (Å²) in [5.41, 5.74) is 5.74. The lowest BCUT2D eigenvalue weighted by atomic mass is 9.82. The standard InChI is InChI=1S/C17H35N3/c1-2-16-10-17(16)13-20-9-3-8-19-12-15-6-4-14(11-18)5-7-15/h14-17,19-20H,2-13,18H2,1H3. The molecule has 0 saturated heterocycles. The van der Waals surface area contributed by atoms with Gasteiger partial charge in [0.25, 0.3) is 0 Å². The molecular weight excluding hydrogens is 246 g/mol. The Kier molecular flexibility index (Phi) is 7.32. The van der Waals surface area contributed by atoms with E-state index in [-0.39, 0.29) is 0 Å². The molecule has 0 aromatic rings. The van der Waals surface area contributed by atoms with Gasteiger partial charge in [0.05, 0.1) is 0 Å². The molecule has 2 fully saturated rings. The number of hydrogen-bond acceptors (Lipinski definition) is 3.